The Hall–Kier alpha value is -2.89. The molecule has 0 amide bonds. The van der Waals surface area contributed by atoms with Gasteiger partial charge in [0.05, 0.1) is 12.6 Å². The molecule has 0 aliphatic heterocycles. The fourth-order valence-electron chi connectivity index (χ4n) is 2.30. The van der Waals surface area contributed by atoms with E-state index in [0.29, 0.717) is 28.4 Å². The normalized spacial score (nSPS) is 10.7. The predicted octanol–water partition coefficient (Wildman–Crippen LogP) is 3.71. The van der Waals surface area contributed by atoms with Gasteiger partial charge in [-0.05, 0) is 24.6 Å². The van der Waals surface area contributed by atoms with Crippen LogP contribution in [0, 0.1) is 5.82 Å². The quantitative estimate of drug-likeness (QED) is 0.743. The summed E-state index contributed by atoms with van der Waals surface area (Å²) in [4.78, 5) is 8.74. The van der Waals surface area contributed by atoms with Crippen molar-refractivity contribution in [1.29, 1.82) is 0 Å². The molecular formula is C17H16FN3O2. The minimum Gasteiger partial charge on any atom is -0.481 e. The first-order chi connectivity index (χ1) is 11.1. The van der Waals surface area contributed by atoms with Gasteiger partial charge in [-0.1, -0.05) is 6.92 Å². The van der Waals surface area contributed by atoms with Crippen LogP contribution < -0.4 is 15.2 Å². The van der Waals surface area contributed by atoms with Crippen molar-refractivity contribution in [3.05, 3.63) is 47.9 Å². The number of fused-ring (bicyclic) bond motifs is 1. The number of hydrogen-bond acceptors (Lipinski definition) is 5. The maximum atomic E-state index is 13.9. The highest BCUT2D eigenvalue weighted by Gasteiger charge is 2.13. The number of methoxy groups -OCH3 is 1. The molecular weight excluding hydrogens is 297 g/mol. The highest BCUT2D eigenvalue weighted by Crippen LogP contribution is 2.32. The average molecular weight is 313 g/mol. The zero-order valence-corrected chi connectivity index (χ0v) is 12.8. The second kappa shape index (κ2) is 6.08. The standard InChI is InChI=1S/C17H16FN3O2/c1-3-10-8-13-16(21-17(10)22-2)15(6-7-20-13)23-14-5-4-11(19)9-12(14)18/h4-9H,3,19H2,1-2H3. The lowest BCUT2D eigenvalue weighted by atomic mass is 10.2. The number of hydrogen-bond donors (Lipinski definition) is 1. The van der Waals surface area contributed by atoms with Crippen LogP contribution >= 0.6 is 0 Å². The molecule has 0 radical (unpaired) electrons. The van der Waals surface area contributed by atoms with Crippen LogP contribution in [-0.2, 0) is 6.42 Å². The number of nitrogens with zero attached hydrogens (tertiary/aromatic N) is 2. The lowest BCUT2D eigenvalue weighted by Crippen LogP contribution is -1.98. The Bertz CT molecular complexity index is 868. The van der Waals surface area contributed by atoms with E-state index in [1.165, 1.54) is 12.1 Å². The topological polar surface area (TPSA) is 70.3 Å². The predicted molar refractivity (Wildman–Crippen MR) is 86.4 cm³/mol. The summed E-state index contributed by atoms with van der Waals surface area (Å²) >= 11 is 0. The van der Waals surface area contributed by atoms with Crippen molar-refractivity contribution in [2.75, 3.05) is 12.8 Å². The molecule has 2 heterocycles. The molecule has 0 spiro atoms. The summed E-state index contributed by atoms with van der Waals surface area (Å²) in [6, 6.07) is 7.80. The summed E-state index contributed by atoms with van der Waals surface area (Å²) in [5.74, 6) is 0.453. The average Bonchev–Trinajstić information content (AvgIpc) is 2.56. The molecule has 3 rings (SSSR count). The van der Waals surface area contributed by atoms with Gasteiger partial charge >= 0.3 is 0 Å². The maximum absolute atomic E-state index is 13.9. The Balaban J connectivity index is 2.10. The van der Waals surface area contributed by atoms with E-state index < -0.39 is 5.82 Å². The SMILES string of the molecule is CCc1cc2nccc(Oc3ccc(N)cc3F)c2nc1OC. The highest BCUT2D eigenvalue weighted by molar-refractivity contribution is 5.82. The molecule has 2 N–H and O–H groups in total. The third kappa shape index (κ3) is 2.88. The van der Waals surface area contributed by atoms with Gasteiger partial charge in [-0.2, -0.15) is 0 Å². The van der Waals surface area contributed by atoms with Gasteiger partial charge in [0.2, 0.25) is 5.88 Å². The maximum Gasteiger partial charge on any atom is 0.217 e. The first-order valence-electron chi connectivity index (χ1n) is 7.18. The molecule has 2 aromatic heterocycles. The second-order valence-electron chi connectivity index (χ2n) is 4.98. The molecule has 118 valence electrons. The van der Waals surface area contributed by atoms with Crippen LogP contribution in [-0.4, -0.2) is 17.1 Å². The molecule has 5 nitrogen and oxygen atoms in total. The number of ether oxygens (including phenoxy) is 2. The lowest BCUT2D eigenvalue weighted by Gasteiger charge is -2.11. The molecule has 0 unspecified atom stereocenters. The van der Waals surface area contributed by atoms with E-state index in [2.05, 4.69) is 9.97 Å². The number of rotatable bonds is 4. The second-order valence-corrected chi connectivity index (χ2v) is 4.98. The van der Waals surface area contributed by atoms with Crippen molar-refractivity contribution < 1.29 is 13.9 Å². The van der Waals surface area contributed by atoms with Gasteiger partial charge in [-0.3, -0.25) is 4.98 Å². The first kappa shape index (κ1) is 15.0. The monoisotopic (exact) mass is 313 g/mol. The fourth-order valence-corrected chi connectivity index (χ4v) is 2.30. The molecule has 0 saturated carbocycles. The minimum atomic E-state index is -0.535. The zero-order valence-electron chi connectivity index (χ0n) is 12.8. The molecule has 3 aromatic rings. The van der Waals surface area contributed by atoms with Gasteiger partial charge in [0.15, 0.2) is 17.3 Å². The van der Waals surface area contributed by atoms with E-state index >= 15 is 0 Å². The molecule has 0 fully saturated rings. The van der Waals surface area contributed by atoms with Crippen LogP contribution in [0.25, 0.3) is 11.0 Å². The van der Waals surface area contributed by atoms with Gasteiger partial charge in [-0.15, -0.1) is 0 Å². The number of nitrogens with two attached hydrogens (primary N) is 1. The fraction of sp³-hybridized carbons (Fsp3) is 0.176. The molecule has 23 heavy (non-hydrogen) atoms. The van der Waals surface area contributed by atoms with E-state index in [-0.39, 0.29) is 5.75 Å². The minimum absolute atomic E-state index is 0.0760. The van der Waals surface area contributed by atoms with E-state index in [4.69, 9.17) is 15.2 Å². The molecule has 6 heteroatoms. The Morgan fingerprint density at radius 3 is 2.70 bits per heavy atom. The summed E-state index contributed by atoms with van der Waals surface area (Å²) in [6.07, 6.45) is 2.37. The Morgan fingerprint density at radius 2 is 2.00 bits per heavy atom. The highest BCUT2D eigenvalue weighted by atomic mass is 19.1. The van der Waals surface area contributed by atoms with Gasteiger partial charge in [0.1, 0.15) is 5.52 Å². The van der Waals surface area contributed by atoms with E-state index in [1.54, 1.807) is 25.4 Å². The Morgan fingerprint density at radius 1 is 1.17 bits per heavy atom. The number of pyridine rings is 2. The molecule has 0 atom stereocenters. The summed E-state index contributed by atoms with van der Waals surface area (Å²) in [5, 5.41) is 0. The number of benzene rings is 1. The third-order valence-electron chi connectivity index (χ3n) is 3.46. The number of anilines is 1. The van der Waals surface area contributed by atoms with Crippen LogP contribution in [0.4, 0.5) is 10.1 Å². The smallest absolute Gasteiger partial charge is 0.217 e. The summed E-state index contributed by atoms with van der Waals surface area (Å²) in [6.45, 7) is 2.01. The largest absolute Gasteiger partial charge is 0.481 e. The molecule has 0 aliphatic rings. The lowest BCUT2D eigenvalue weighted by molar-refractivity contribution is 0.393. The van der Waals surface area contributed by atoms with Crippen LogP contribution in [0.15, 0.2) is 36.5 Å². The molecule has 0 aliphatic carbocycles. The molecule has 0 bridgehead atoms. The van der Waals surface area contributed by atoms with Crippen molar-refractivity contribution in [1.82, 2.24) is 9.97 Å². The van der Waals surface area contributed by atoms with E-state index in [9.17, 15) is 4.39 Å². The van der Waals surface area contributed by atoms with Gasteiger partial charge < -0.3 is 15.2 Å². The van der Waals surface area contributed by atoms with Crippen LogP contribution in [0.1, 0.15) is 12.5 Å². The summed E-state index contributed by atoms with van der Waals surface area (Å²) in [5.41, 5.74) is 8.00. The first-order valence-corrected chi connectivity index (χ1v) is 7.18. The summed E-state index contributed by atoms with van der Waals surface area (Å²) < 4.78 is 24.9. The Kier molecular flexibility index (Phi) is 3.97. The van der Waals surface area contributed by atoms with E-state index in [0.717, 1.165) is 12.0 Å². The zero-order chi connectivity index (χ0) is 16.4. The number of aryl methyl sites for hydroxylation is 1. The molecule has 1 aromatic carbocycles. The Labute approximate surface area is 132 Å². The van der Waals surface area contributed by atoms with Gasteiger partial charge in [0, 0.05) is 29.6 Å². The van der Waals surface area contributed by atoms with Crippen LogP contribution in [0.3, 0.4) is 0 Å². The van der Waals surface area contributed by atoms with Crippen LogP contribution in [0.5, 0.6) is 17.4 Å². The van der Waals surface area contributed by atoms with Crippen molar-refractivity contribution in [2.45, 2.75) is 13.3 Å². The number of halogens is 1. The third-order valence-corrected chi connectivity index (χ3v) is 3.46. The van der Waals surface area contributed by atoms with Gasteiger partial charge in [-0.25, -0.2) is 9.37 Å². The summed E-state index contributed by atoms with van der Waals surface area (Å²) in [7, 11) is 1.56. The van der Waals surface area contributed by atoms with E-state index in [1.807, 2.05) is 13.0 Å². The van der Waals surface area contributed by atoms with Crippen molar-refractivity contribution in [3.8, 4) is 17.4 Å². The van der Waals surface area contributed by atoms with Gasteiger partial charge in [0.25, 0.3) is 0 Å². The van der Waals surface area contributed by atoms with Crippen molar-refractivity contribution >= 4 is 16.7 Å². The van der Waals surface area contributed by atoms with Crippen molar-refractivity contribution in [3.63, 3.8) is 0 Å². The molecule has 0 saturated heterocycles. The van der Waals surface area contributed by atoms with Crippen LogP contribution in [0.2, 0.25) is 0 Å². The number of aromatic nitrogens is 2. The number of nitrogen functional groups attached to an aromatic ring is 1. The van der Waals surface area contributed by atoms with Crippen molar-refractivity contribution in [2.24, 2.45) is 0 Å².